The van der Waals surface area contributed by atoms with E-state index in [4.69, 9.17) is 16.0 Å². The zero-order valence-electron chi connectivity index (χ0n) is 13.4. The number of aliphatic hydroxyl groups is 1. The SMILES string of the molecule is Cc1oc(-c2ccccc2Cl)nc1CN(CCO)Cc1cccs1. The summed E-state index contributed by atoms with van der Waals surface area (Å²) < 4.78 is 5.81. The van der Waals surface area contributed by atoms with Gasteiger partial charge in [-0.1, -0.05) is 29.8 Å². The fourth-order valence-corrected chi connectivity index (χ4v) is 3.48. The second-order valence-electron chi connectivity index (χ2n) is 5.52. The summed E-state index contributed by atoms with van der Waals surface area (Å²) in [5.74, 6) is 1.31. The zero-order valence-corrected chi connectivity index (χ0v) is 15.0. The van der Waals surface area contributed by atoms with Gasteiger partial charge < -0.3 is 9.52 Å². The molecule has 2 aromatic heterocycles. The van der Waals surface area contributed by atoms with Gasteiger partial charge in [-0.3, -0.25) is 4.90 Å². The van der Waals surface area contributed by atoms with Crippen LogP contribution >= 0.6 is 22.9 Å². The number of halogens is 1. The summed E-state index contributed by atoms with van der Waals surface area (Å²) in [5.41, 5.74) is 1.66. The Morgan fingerprint density at radius 1 is 1.21 bits per heavy atom. The number of aryl methyl sites for hydroxylation is 1. The second-order valence-corrected chi connectivity index (χ2v) is 6.95. The lowest BCUT2D eigenvalue weighted by molar-refractivity contribution is 0.183. The molecule has 0 saturated heterocycles. The number of thiophene rings is 1. The van der Waals surface area contributed by atoms with Gasteiger partial charge in [-0.15, -0.1) is 11.3 Å². The maximum Gasteiger partial charge on any atom is 0.228 e. The van der Waals surface area contributed by atoms with Crippen molar-refractivity contribution in [1.29, 1.82) is 0 Å². The van der Waals surface area contributed by atoms with Crippen molar-refractivity contribution in [3.05, 3.63) is 63.1 Å². The third kappa shape index (κ3) is 4.05. The van der Waals surface area contributed by atoms with Crippen molar-refractivity contribution in [2.24, 2.45) is 0 Å². The summed E-state index contributed by atoms with van der Waals surface area (Å²) in [4.78, 5) is 8.04. The standard InChI is InChI=1S/C18H19ClN2O2S/c1-13-17(12-21(8-9-22)11-14-5-4-10-24-14)20-18(23-13)15-6-2-3-7-16(15)19/h2-7,10,22H,8-9,11-12H2,1H3. The fraction of sp³-hybridized carbons (Fsp3) is 0.278. The molecule has 3 rings (SSSR count). The van der Waals surface area contributed by atoms with E-state index in [0.29, 0.717) is 24.0 Å². The molecule has 6 heteroatoms. The van der Waals surface area contributed by atoms with Crippen molar-refractivity contribution in [1.82, 2.24) is 9.88 Å². The molecule has 0 aliphatic rings. The predicted octanol–water partition coefficient (Wildman–Crippen LogP) is 4.36. The Morgan fingerprint density at radius 3 is 2.75 bits per heavy atom. The Kier molecular flexibility index (Phi) is 5.68. The van der Waals surface area contributed by atoms with Gasteiger partial charge in [0.2, 0.25) is 5.89 Å². The number of aromatic nitrogens is 1. The van der Waals surface area contributed by atoms with Crippen LogP contribution in [0.25, 0.3) is 11.5 Å². The van der Waals surface area contributed by atoms with E-state index in [-0.39, 0.29) is 6.61 Å². The number of rotatable bonds is 7. The van der Waals surface area contributed by atoms with E-state index < -0.39 is 0 Å². The first-order chi connectivity index (χ1) is 11.7. The number of hydrogen-bond acceptors (Lipinski definition) is 5. The molecular weight excluding hydrogens is 344 g/mol. The summed E-state index contributed by atoms with van der Waals surface area (Å²) >= 11 is 7.94. The van der Waals surface area contributed by atoms with Crippen molar-refractivity contribution in [3.8, 4) is 11.5 Å². The molecule has 0 atom stereocenters. The third-order valence-corrected chi connectivity index (χ3v) is 4.94. The van der Waals surface area contributed by atoms with Crippen LogP contribution in [0.4, 0.5) is 0 Å². The van der Waals surface area contributed by atoms with Crippen molar-refractivity contribution in [2.45, 2.75) is 20.0 Å². The van der Waals surface area contributed by atoms with E-state index in [1.807, 2.05) is 37.3 Å². The van der Waals surface area contributed by atoms with Gasteiger partial charge in [-0.2, -0.15) is 0 Å². The second kappa shape index (κ2) is 7.94. The van der Waals surface area contributed by atoms with Crippen LogP contribution in [0.2, 0.25) is 5.02 Å². The first kappa shape index (κ1) is 17.2. The molecule has 2 heterocycles. The highest BCUT2D eigenvalue weighted by Gasteiger charge is 2.16. The lowest BCUT2D eigenvalue weighted by Crippen LogP contribution is -2.26. The van der Waals surface area contributed by atoms with Crippen LogP contribution in [0.1, 0.15) is 16.3 Å². The van der Waals surface area contributed by atoms with Crippen molar-refractivity contribution in [2.75, 3.05) is 13.2 Å². The Hall–Kier alpha value is -1.66. The third-order valence-electron chi connectivity index (χ3n) is 3.75. The van der Waals surface area contributed by atoms with Gasteiger partial charge in [0.05, 0.1) is 22.9 Å². The summed E-state index contributed by atoms with van der Waals surface area (Å²) in [6, 6.07) is 11.6. The minimum atomic E-state index is 0.111. The highest BCUT2D eigenvalue weighted by molar-refractivity contribution is 7.09. The summed E-state index contributed by atoms with van der Waals surface area (Å²) in [5, 5.41) is 12.0. The van der Waals surface area contributed by atoms with E-state index in [0.717, 1.165) is 23.6 Å². The lowest BCUT2D eigenvalue weighted by atomic mass is 10.2. The molecule has 0 spiro atoms. The van der Waals surface area contributed by atoms with Gasteiger partial charge in [0.1, 0.15) is 5.76 Å². The van der Waals surface area contributed by atoms with Gasteiger partial charge in [-0.25, -0.2) is 4.98 Å². The van der Waals surface area contributed by atoms with Gasteiger partial charge in [-0.05, 0) is 30.5 Å². The highest BCUT2D eigenvalue weighted by Crippen LogP contribution is 2.29. The smallest absolute Gasteiger partial charge is 0.228 e. The molecule has 0 saturated carbocycles. The summed E-state index contributed by atoms with van der Waals surface area (Å²) in [6.07, 6.45) is 0. The zero-order chi connectivity index (χ0) is 16.9. The molecule has 0 amide bonds. The maximum absolute atomic E-state index is 9.33. The minimum Gasteiger partial charge on any atom is -0.441 e. The summed E-state index contributed by atoms with van der Waals surface area (Å²) in [7, 11) is 0. The maximum atomic E-state index is 9.33. The number of oxazole rings is 1. The topological polar surface area (TPSA) is 49.5 Å². The van der Waals surface area contributed by atoms with Crippen LogP contribution in [0.5, 0.6) is 0 Å². The van der Waals surface area contributed by atoms with Crippen LogP contribution in [0.15, 0.2) is 46.2 Å². The van der Waals surface area contributed by atoms with Gasteiger partial charge in [0.25, 0.3) is 0 Å². The predicted molar refractivity (Wildman–Crippen MR) is 97.2 cm³/mol. The molecule has 0 aliphatic carbocycles. The van der Waals surface area contributed by atoms with Crippen molar-refractivity contribution in [3.63, 3.8) is 0 Å². The summed E-state index contributed by atoms with van der Waals surface area (Å²) in [6.45, 7) is 4.01. The van der Waals surface area contributed by atoms with E-state index >= 15 is 0 Å². The molecule has 1 N–H and O–H groups in total. The Morgan fingerprint density at radius 2 is 2.04 bits per heavy atom. The highest BCUT2D eigenvalue weighted by atomic mass is 35.5. The molecule has 0 aliphatic heterocycles. The Bertz CT molecular complexity index is 786. The minimum absolute atomic E-state index is 0.111. The van der Waals surface area contributed by atoms with E-state index in [1.54, 1.807) is 11.3 Å². The number of benzene rings is 1. The molecule has 0 unspecified atom stereocenters. The Labute approximate surface area is 150 Å². The molecule has 24 heavy (non-hydrogen) atoms. The lowest BCUT2D eigenvalue weighted by Gasteiger charge is -2.19. The number of aliphatic hydroxyl groups excluding tert-OH is 1. The van der Waals surface area contributed by atoms with Gasteiger partial charge >= 0.3 is 0 Å². The monoisotopic (exact) mass is 362 g/mol. The van der Waals surface area contributed by atoms with Gasteiger partial charge in [0, 0.05) is 24.5 Å². The Balaban J connectivity index is 1.79. The van der Waals surface area contributed by atoms with Crippen molar-refractivity contribution >= 4 is 22.9 Å². The van der Waals surface area contributed by atoms with E-state index in [9.17, 15) is 5.11 Å². The molecule has 4 nitrogen and oxygen atoms in total. The van der Waals surface area contributed by atoms with E-state index in [1.165, 1.54) is 4.88 Å². The van der Waals surface area contributed by atoms with Crippen LogP contribution in [0.3, 0.4) is 0 Å². The van der Waals surface area contributed by atoms with Crippen molar-refractivity contribution < 1.29 is 9.52 Å². The quantitative estimate of drug-likeness (QED) is 0.678. The molecule has 0 bridgehead atoms. The van der Waals surface area contributed by atoms with Gasteiger partial charge in [0.15, 0.2) is 0 Å². The van der Waals surface area contributed by atoms with E-state index in [2.05, 4.69) is 21.3 Å². The number of hydrogen-bond donors (Lipinski definition) is 1. The first-order valence-electron chi connectivity index (χ1n) is 7.74. The number of nitrogens with zero attached hydrogens (tertiary/aromatic N) is 2. The fourth-order valence-electron chi connectivity index (χ4n) is 2.51. The molecule has 1 aromatic carbocycles. The normalized spacial score (nSPS) is 11.3. The average Bonchev–Trinajstić information content (AvgIpc) is 3.19. The molecular formula is C18H19ClN2O2S. The van der Waals surface area contributed by atoms with Crippen LogP contribution in [-0.2, 0) is 13.1 Å². The van der Waals surface area contributed by atoms with Crippen LogP contribution in [0, 0.1) is 6.92 Å². The first-order valence-corrected chi connectivity index (χ1v) is 9.00. The molecule has 0 fully saturated rings. The largest absolute Gasteiger partial charge is 0.441 e. The molecule has 3 aromatic rings. The van der Waals surface area contributed by atoms with Crippen LogP contribution < -0.4 is 0 Å². The molecule has 126 valence electrons. The van der Waals surface area contributed by atoms with Crippen LogP contribution in [-0.4, -0.2) is 28.1 Å². The average molecular weight is 363 g/mol. The molecule has 0 radical (unpaired) electrons.